The van der Waals surface area contributed by atoms with Gasteiger partial charge in [-0.15, -0.1) is 0 Å². The summed E-state index contributed by atoms with van der Waals surface area (Å²) in [6, 6.07) is 1.87. The minimum absolute atomic E-state index is 0.0423. The first-order valence-electron chi connectivity index (χ1n) is 7.10. The zero-order valence-corrected chi connectivity index (χ0v) is 14.2. The Labute approximate surface area is 139 Å². The van der Waals surface area contributed by atoms with E-state index in [4.69, 9.17) is 11.6 Å². The van der Waals surface area contributed by atoms with Crippen molar-refractivity contribution < 1.29 is 17.9 Å². The van der Waals surface area contributed by atoms with Gasteiger partial charge in [0, 0.05) is 46.2 Å². The van der Waals surface area contributed by atoms with Crippen LogP contribution in [0.2, 0.25) is 5.02 Å². The molecule has 0 aliphatic rings. The van der Waals surface area contributed by atoms with Crippen LogP contribution in [0.5, 0.6) is 0 Å². The third-order valence-corrected chi connectivity index (χ3v) is 3.27. The lowest BCUT2D eigenvalue weighted by molar-refractivity contribution is -0.173. The fourth-order valence-electron chi connectivity index (χ4n) is 1.99. The van der Waals surface area contributed by atoms with Gasteiger partial charge < -0.3 is 19.5 Å². The van der Waals surface area contributed by atoms with Crippen molar-refractivity contribution >= 4 is 17.6 Å². The van der Waals surface area contributed by atoms with Gasteiger partial charge >= 0.3 is 6.18 Å². The fourth-order valence-corrected chi connectivity index (χ4v) is 2.26. The number of ether oxygens (including phenoxy) is 1. The Balaban J connectivity index is 2.32. The Morgan fingerprint density at radius 1 is 1.48 bits per heavy atom. The van der Waals surface area contributed by atoms with Gasteiger partial charge in [-0.25, -0.2) is 0 Å². The summed E-state index contributed by atoms with van der Waals surface area (Å²) >= 11 is 5.95. The molecule has 0 bridgehead atoms. The maximum Gasteiger partial charge on any atom is 0.411 e. The predicted octanol–water partition coefficient (Wildman–Crippen LogP) is 2.65. The van der Waals surface area contributed by atoms with Crippen molar-refractivity contribution in [3.8, 4) is 0 Å². The van der Waals surface area contributed by atoms with Gasteiger partial charge in [0.05, 0.1) is 11.6 Å². The van der Waals surface area contributed by atoms with Crippen LogP contribution in [-0.4, -0.2) is 55.5 Å². The standard InChI is InChI=1S/C14H22ClF3N4O/c1-19-13(20-5-4-6-23-10-14(16,17)18)22(3)9-12-7-11(15)8-21(12)2/h7-8H,4-6,9-10H2,1-3H3,(H,19,20). The molecule has 0 aliphatic carbocycles. The second-order valence-corrected chi connectivity index (χ2v) is 5.55. The molecule has 0 aromatic carbocycles. The van der Waals surface area contributed by atoms with E-state index in [2.05, 4.69) is 15.0 Å². The number of alkyl halides is 3. The Bertz CT molecular complexity index is 517. The number of aryl methyl sites for hydroxylation is 1. The molecule has 1 aromatic heterocycles. The van der Waals surface area contributed by atoms with Gasteiger partial charge in [0.2, 0.25) is 0 Å². The van der Waals surface area contributed by atoms with E-state index in [1.54, 1.807) is 7.05 Å². The van der Waals surface area contributed by atoms with E-state index in [0.717, 1.165) is 5.69 Å². The molecule has 0 aliphatic heterocycles. The molecule has 1 rings (SSSR count). The number of aromatic nitrogens is 1. The molecule has 9 heteroatoms. The highest BCUT2D eigenvalue weighted by Crippen LogP contribution is 2.15. The van der Waals surface area contributed by atoms with Gasteiger partial charge in [-0.2, -0.15) is 13.2 Å². The molecular weight excluding hydrogens is 333 g/mol. The van der Waals surface area contributed by atoms with E-state index >= 15 is 0 Å². The number of halogens is 4. The maximum atomic E-state index is 11.9. The summed E-state index contributed by atoms with van der Waals surface area (Å²) in [6.45, 7) is -0.0905. The van der Waals surface area contributed by atoms with E-state index in [9.17, 15) is 13.2 Å². The number of hydrogen-bond donors (Lipinski definition) is 1. The van der Waals surface area contributed by atoms with Crippen LogP contribution in [0, 0.1) is 0 Å². The molecular formula is C14H22ClF3N4O. The zero-order chi connectivity index (χ0) is 17.5. The highest BCUT2D eigenvalue weighted by atomic mass is 35.5. The van der Waals surface area contributed by atoms with Gasteiger partial charge in [0.15, 0.2) is 5.96 Å². The second-order valence-electron chi connectivity index (χ2n) is 5.11. The molecule has 5 nitrogen and oxygen atoms in total. The van der Waals surface area contributed by atoms with Crippen molar-refractivity contribution in [2.45, 2.75) is 19.1 Å². The third-order valence-electron chi connectivity index (χ3n) is 3.06. The van der Waals surface area contributed by atoms with Crippen molar-refractivity contribution in [1.82, 2.24) is 14.8 Å². The van der Waals surface area contributed by atoms with Crippen molar-refractivity contribution in [3.63, 3.8) is 0 Å². The van der Waals surface area contributed by atoms with Crippen LogP contribution in [0.4, 0.5) is 13.2 Å². The average molecular weight is 355 g/mol. The van der Waals surface area contributed by atoms with Crippen LogP contribution in [-0.2, 0) is 18.3 Å². The molecule has 1 heterocycles. The Hall–Kier alpha value is -1.41. The molecule has 1 aromatic rings. The van der Waals surface area contributed by atoms with Crippen LogP contribution < -0.4 is 5.32 Å². The summed E-state index contributed by atoms with van der Waals surface area (Å²) in [5.74, 6) is 0.651. The molecule has 0 saturated carbocycles. The highest BCUT2D eigenvalue weighted by molar-refractivity contribution is 6.30. The largest absolute Gasteiger partial charge is 0.411 e. The van der Waals surface area contributed by atoms with Crippen LogP contribution in [0.1, 0.15) is 12.1 Å². The van der Waals surface area contributed by atoms with Crippen LogP contribution in [0.25, 0.3) is 0 Å². The maximum absolute atomic E-state index is 11.9. The van der Waals surface area contributed by atoms with Gasteiger partial charge in [-0.3, -0.25) is 4.99 Å². The average Bonchev–Trinajstić information content (AvgIpc) is 2.74. The summed E-state index contributed by atoms with van der Waals surface area (Å²) in [5.41, 5.74) is 1.02. The summed E-state index contributed by atoms with van der Waals surface area (Å²) in [4.78, 5) is 6.05. The number of guanidine groups is 1. The minimum Gasteiger partial charge on any atom is -0.372 e. The van der Waals surface area contributed by atoms with Crippen molar-refractivity contribution in [1.29, 1.82) is 0 Å². The van der Waals surface area contributed by atoms with E-state index in [-0.39, 0.29) is 6.61 Å². The zero-order valence-electron chi connectivity index (χ0n) is 13.5. The first-order valence-corrected chi connectivity index (χ1v) is 7.47. The number of rotatable bonds is 7. The SMILES string of the molecule is CN=C(NCCCOCC(F)(F)F)N(C)Cc1cc(Cl)cn1C. The predicted molar refractivity (Wildman–Crippen MR) is 84.7 cm³/mol. The van der Waals surface area contributed by atoms with Gasteiger partial charge in [0.1, 0.15) is 6.61 Å². The Morgan fingerprint density at radius 2 is 2.17 bits per heavy atom. The van der Waals surface area contributed by atoms with Crippen molar-refractivity contribution in [2.75, 3.05) is 33.9 Å². The second kappa shape index (κ2) is 9.02. The molecule has 0 fully saturated rings. The molecule has 132 valence electrons. The van der Waals surface area contributed by atoms with Gasteiger partial charge in [-0.1, -0.05) is 11.6 Å². The van der Waals surface area contributed by atoms with E-state index in [1.807, 2.05) is 35.8 Å². The summed E-state index contributed by atoms with van der Waals surface area (Å²) in [7, 11) is 5.43. The molecule has 0 amide bonds. The minimum atomic E-state index is -4.28. The monoisotopic (exact) mass is 354 g/mol. The number of nitrogens with zero attached hydrogens (tertiary/aromatic N) is 3. The lowest BCUT2D eigenvalue weighted by Crippen LogP contribution is -2.39. The lowest BCUT2D eigenvalue weighted by atomic mass is 10.4. The van der Waals surface area contributed by atoms with Gasteiger partial charge in [-0.05, 0) is 12.5 Å². The van der Waals surface area contributed by atoms with E-state index < -0.39 is 12.8 Å². The molecule has 0 radical (unpaired) electrons. The fraction of sp³-hybridized carbons (Fsp3) is 0.643. The topological polar surface area (TPSA) is 41.8 Å². The summed E-state index contributed by atoms with van der Waals surface area (Å²) < 4.78 is 42.2. The quantitative estimate of drug-likeness (QED) is 0.465. The van der Waals surface area contributed by atoms with E-state index in [0.29, 0.717) is 30.5 Å². The van der Waals surface area contributed by atoms with Crippen LogP contribution in [0.3, 0.4) is 0 Å². The van der Waals surface area contributed by atoms with Crippen LogP contribution in [0.15, 0.2) is 17.3 Å². The van der Waals surface area contributed by atoms with Gasteiger partial charge in [0.25, 0.3) is 0 Å². The molecule has 0 unspecified atom stereocenters. The molecule has 0 saturated heterocycles. The number of nitrogens with one attached hydrogen (secondary N) is 1. The highest BCUT2D eigenvalue weighted by Gasteiger charge is 2.27. The first kappa shape index (κ1) is 19.6. The number of hydrogen-bond acceptors (Lipinski definition) is 2. The smallest absolute Gasteiger partial charge is 0.372 e. The van der Waals surface area contributed by atoms with Crippen molar-refractivity contribution in [3.05, 3.63) is 23.0 Å². The number of aliphatic imine (C=N–C) groups is 1. The molecule has 23 heavy (non-hydrogen) atoms. The molecule has 1 N–H and O–H groups in total. The Kier molecular flexibility index (Phi) is 7.70. The molecule has 0 spiro atoms. The van der Waals surface area contributed by atoms with E-state index in [1.165, 1.54) is 0 Å². The summed E-state index contributed by atoms with van der Waals surface area (Å²) in [5, 5.41) is 3.75. The normalized spacial score (nSPS) is 12.6. The summed E-state index contributed by atoms with van der Waals surface area (Å²) in [6.07, 6.45) is -2.00. The first-order chi connectivity index (χ1) is 10.7. The Morgan fingerprint density at radius 3 is 2.70 bits per heavy atom. The van der Waals surface area contributed by atoms with Crippen LogP contribution >= 0.6 is 11.6 Å². The van der Waals surface area contributed by atoms with Crippen molar-refractivity contribution in [2.24, 2.45) is 12.0 Å². The lowest BCUT2D eigenvalue weighted by Gasteiger charge is -2.22. The third kappa shape index (κ3) is 7.60. The molecule has 0 atom stereocenters.